The number of halogens is 1. The molecule has 0 fully saturated rings. The second-order valence-corrected chi connectivity index (χ2v) is 4.80. The van der Waals surface area contributed by atoms with Crippen molar-refractivity contribution < 1.29 is 4.39 Å². The van der Waals surface area contributed by atoms with E-state index in [1.54, 1.807) is 30.1 Å². The molecular formula is C13H14FN3S. The van der Waals surface area contributed by atoms with Crippen molar-refractivity contribution in [1.82, 2.24) is 9.97 Å². The summed E-state index contributed by atoms with van der Waals surface area (Å²) >= 11 is 1.55. The molecule has 0 spiro atoms. The smallest absolute Gasteiger partial charge is 0.187 e. The van der Waals surface area contributed by atoms with Gasteiger partial charge in [0.2, 0.25) is 0 Å². The summed E-state index contributed by atoms with van der Waals surface area (Å²) in [6.45, 7) is 2.60. The lowest BCUT2D eigenvalue weighted by Crippen LogP contribution is -2.06. The van der Waals surface area contributed by atoms with Crippen LogP contribution in [0.25, 0.3) is 0 Å². The van der Waals surface area contributed by atoms with Crippen LogP contribution in [0.2, 0.25) is 0 Å². The number of benzene rings is 1. The molecule has 0 aliphatic rings. The molecular weight excluding hydrogens is 249 g/mol. The van der Waals surface area contributed by atoms with E-state index in [4.69, 9.17) is 0 Å². The van der Waals surface area contributed by atoms with E-state index < -0.39 is 0 Å². The Kier molecular flexibility index (Phi) is 4.52. The number of aromatic nitrogens is 2. The van der Waals surface area contributed by atoms with Gasteiger partial charge in [0, 0.05) is 24.2 Å². The van der Waals surface area contributed by atoms with Crippen LogP contribution in [0, 0.1) is 12.7 Å². The lowest BCUT2D eigenvalue weighted by molar-refractivity contribution is 0.630. The maximum atomic E-state index is 13.3. The van der Waals surface area contributed by atoms with Crippen molar-refractivity contribution in [3.63, 3.8) is 0 Å². The Morgan fingerprint density at radius 3 is 2.89 bits per heavy atom. The molecule has 1 aromatic heterocycles. The Bertz CT molecular complexity index is 519. The monoisotopic (exact) mass is 263 g/mol. The Labute approximate surface area is 110 Å². The topological polar surface area (TPSA) is 37.8 Å². The van der Waals surface area contributed by atoms with E-state index in [0.717, 1.165) is 16.6 Å². The summed E-state index contributed by atoms with van der Waals surface area (Å²) in [6.07, 6.45) is 1.74. The fraction of sp³-hybridized carbons (Fsp3) is 0.231. The van der Waals surface area contributed by atoms with Crippen molar-refractivity contribution in [2.24, 2.45) is 0 Å². The van der Waals surface area contributed by atoms with Crippen LogP contribution in [0.3, 0.4) is 0 Å². The molecule has 0 amide bonds. The minimum atomic E-state index is -0.227. The van der Waals surface area contributed by atoms with E-state index in [1.165, 1.54) is 6.07 Å². The zero-order valence-corrected chi connectivity index (χ0v) is 10.9. The van der Waals surface area contributed by atoms with Gasteiger partial charge in [0.1, 0.15) is 5.82 Å². The van der Waals surface area contributed by atoms with Crippen molar-refractivity contribution >= 4 is 17.4 Å². The standard InChI is InChI=1S/C13H14FN3S/c1-10-6-7-16-13(17-10)18-9-8-15-12-5-3-2-4-11(12)14/h2-7,15H,8-9H2,1H3. The Balaban J connectivity index is 1.78. The highest BCUT2D eigenvalue weighted by Crippen LogP contribution is 2.14. The largest absolute Gasteiger partial charge is 0.382 e. The molecule has 1 heterocycles. The first-order chi connectivity index (χ1) is 8.75. The van der Waals surface area contributed by atoms with Crippen LogP contribution in [0.1, 0.15) is 5.69 Å². The van der Waals surface area contributed by atoms with Gasteiger partial charge in [-0.05, 0) is 25.1 Å². The van der Waals surface area contributed by atoms with Crippen LogP contribution in [0.5, 0.6) is 0 Å². The van der Waals surface area contributed by atoms with E-state index in [9.17, 15) is 4.39 Å². The molecule has 0 radical (unpaired) electrons. The van der Waals surface area contributed by atoms with Crippen LogP contribution >= 0.6 is 11.8 Å². The Morgan fingerprint density at radius 1 is 1.28 bits per heavy atom. The number of nitrogens with zero attached hydrogens (tertiary/aromatic N) is 2. The summed E-state index contributed by atoms with van der Waals surface area (Å²) in [6, 6.07) is 8.52. The van der Waals surface area contributed by atoms with Gasteiger partial charge in [-0.2, -0.15) is 0 Å². The molecule has 0 saturated heterocycles. The number of rotatable bonds is 5. The van der Waals surface area contributed by atoms with Crippen molar-refractivity contribution in [2.45, 2.75) is 12.1 Å². The van der Waals surface area contributed by atoms with Crippen LogP contribution < -0.4 is 5.32 Å². The van der Waals surface area contributed by atoms with Gasteiger partial charge in [-0.15, -0.1) is 0 Å². The van der Waals surface area contributed by atoms with Gasteiger partial charge in [0.05, 0.1) is 5.69 Å². The van der Waals surface area contributed by atoms with Crippen LogP contribution in [-0.2, 0) is 0 Å². The third kappa shape index (κ3) is 3.70. The van der Waals surface area contributed by atoms with Crippen LogP contribution in [-0.4, -0.2) is 22.3 Å². The van der Waals surface area contributed by atoms with E-state index in [-0.39, 0.29) is 5.82 Å². The number of anilines is 1. The van der Waals surface area contributed by atoms with Crippen molar-refractivity contribution in [3.05, 3.63) is 48.0 Å². The van der Waals surface area contributed by atoms with E-state index in [1.807, 2.05) is 19.1 Å². The maximum absolute atomic E-state index is 13.3. The van der Waals surface area contributed by atoms with Gasteiger partial charge in [-0.25, -0.2) is 14.4 Å². The van der Waals surface area contributed by atoms with Crippen molar-refractivity contribution in [1.29, 1.82) is 0 Å². The van der Waals surface area contributed by atoms with E-state index in [0.29, 0.717) is 12.2 Å². The van der Waals surface area contributed by atoms with Crippen LogP contribution in [0.4, 0.5) is 10.1 Å². The molecule has 0 aliphatic heterocycles. The highest BCUT2D eigenvalue weighted by molar-refractivity contribution is 7.99. The molecule has 2 aromatic rings. The highest BCUT2D eigenvalue weighted by Gasteiger charge is 2.00. The predicted octanol–water partition coefficient (Wildman–Crippen LogP) is 3.13. The normalized spacial score (nSPS) is 10.3. The first-order valence-corrected chi connectivity index (χ1v) is 6.65. The number of hydrogen-bond donors (Lipinski definition) is 1. The maximum Gasteiger partial charge on any atom is 0.187 e. The van der Waals surface area contributed by atoms with Gasteiger partial charge in [0.25, 0.3) is 0 Å². The lowest BCUT2D eigenvalue weighted by atomic mass is 10.3. The number of para-hydroxylation sites is 1. The van der Waals surface area contributed by atoms with Gasteiger partial charge in [-0.1, -0.05) is 23.9 Å². The summed E-state index contributed by atoms with van der Waals surface area (Å²) in [5.41, 5.74) is 1.48. The first kappa shape index (κ1) is 12.8. The molecule has 1 aromatic carbocycles. The van der Waals surface area contributed by atoms with E-state index >= 15 is 0 Å². The third-order valence-corrected chi connectivity index (χ3v) is 3.16. The first-order valence-electron chi connectivity index (χ1n) is 5.66. The molecule has 1 N–H and O–H groups in total. The Morgan fingerprint density at radius 2 is 2.11 bits per heavy atom. The number of nitrogens with one attached hydrogen (secondary N) is 1. The average Bonchev–Trinajstić information content (AvgIpc) is 2.37. The quantitative estimate of drug-likeness (QED) is 0.511. The van der Waals surface area contributed by atoms with Gasteiger partial charge in [-0.3, -0.25) is 0 Å². The molecule has 0 saturated carbocycles. The molecule has 5 heteroatoms. The molecule has 0 bridgehead atoms. The Hall–Kier alpha value is -1.62. The summed E-state index contributed by atoms with van der Waals surface area (Å²) < 4.78 is 13.3. The SMILES string of the molecule is Cc1ccnc(SCCNc2ccccc2F)n1. The molecule has 2 rings (SSSR count). The number of thioether (sulfide) groups is 1. The highest BCUT2D eigenvalue weighted by atomic mass is 32.2. The summed E-state index contributed by atoms with van der Waals surface area (Å²) in [4.78, 5) is 8.44. The fourth-order valence-electron chi connectivity index (χ4n) is 1.43. The third-order valence-electron chi connectivity index (χ3n) is 2.30. The van der Waals surface area contributed by atoms with Crippen molar-refractivity contribution in [2.75, 3.05) is 17.6 Å². The minimum Gasteiger partial charge on any atom is -0.382 e. The molecule has 18 heavy (non-hydrogen) atoms. The molecule has 0 aliphatic carbocycles. The van der Waals surface area contributed by atoms with Gasteiger partial charge in [0.15, 0.2) is 5.16 Å². The molecule has 94 valence electrons. The van der Waals surface area contributed by atoms with Crippen molar-refractivity contribution in [3.8, 4) is 0 Å². The number of hydrogen-bond acceptors (Lipinski definition) is 4. The zero-order valence-electron chi connectivity index (χ0n) is 10.1. The average molecular weight is 263 g/mol. The lowest BCUT2D eigenvalue weighted by Gasteiger charge is -2.06. The number of aryl methyl sites for hydroxylation is 1. The zero-order chi connectivity index (χ0) is 12.8. The second kappa shape index (κ2) is 6.35. The summed E-state index contributed by atoms with van der Waals surface area (Å²) in [5.74, 6) is 0.562. The summed E-state index contributed by atoms with van der Waals surface area (Å²) in [5, 5.41) is 3.80. The van der Waals surface area contributed by atoms with Gasteiger partial charge < -0.3 is 5.32 Å². The van der Waals surface area contributed by atoms with E-state index in [2.05, 4.69) is 15.3 Å². The fourth-order valence-corrected chi connectivity index (χ4v) is 2.16. The molecule has 0 unspecified atom stereocenters. The molecule has 3 nitrogen and oxygen atoms in total. The predicted molar refractivity (Wildman–Crippen MR) is 72.4 cm³/mol. The van der Waals surface area contributed by atoms with Crippen LogP contribution in [0.15, 0.2) is 41.7 Å². The minimum absolute atomic E-state index is 0.227. The van der Waals surface area contributed by atoms with Gasteiger partial charge >= 0.3 is 0 Å². The molecule has 0 atom stereocenters. The summed E-state index contributed by atoms with van der Waals surface area (Å²) in [7, 11) is 0. The second-order valence-electron chi connectivity index (χ2n) is 3.74.